The fourth-order valence-electron chi connectivity index (χ4n) is 1.96. The Morgan fingerprint density at radius 2 is 1.95 bits per heavy atom. The molecular weight excluding hydrogens is 242 g/mol. The highest BCUT2D eigenvalue weighted by molar-refractivity contribution is 5.90. The maximum Gasteiger partial charge on any atom is 0.326 e. The van der Waals surface area contributed by atoms with Crippen molar-refractivity contribution >= 4 is 22.7 Å². The number of carbonyl (C=O) groups is 1. The first-order chi connectivity index (χ1) is 8.99. The Morgan fingerprint density at radius 1 is 1.26 bits per heavy atom. The molecule has 2 aromatic rings. The van der Waals surface area contributed by atoms with Crippen molar-refractivity contribution in [2.75, 3.05) is 5.32 Å². The maximum atomic E-state index is 11.3. The summed E-state index contributed by atoms with van der Waals surface area (Å²) in [5.41, 5.74) is 0.811. The van der Waals surface area contributed by atoms with Gasteiger partial charge in [-0.1, -0.05) is 26.0 Å². The molecule has 100 valence electrons. The van der Waals surface area contributed by atoms with E-state index >= 15 is 0 Å². The number of anilines is 1. The highest BCUT2D eigenvalue weighted by Gasteiger charge is 2.22. The summed E-state index contributed by atoms with van der Waals surface area (Å²) in [7, 11) is 0. The maximum absolute atomic E-state index is 11.3. The lowest BCUT2D eigenvalue weighted by Crippen LogP contribution is -2.34. The van der Waals surface area contributed by atoms with E-state index in [1.807, 2.05) is 38.1 Å². The third kappa shape index (κ3) is 2.81. The van der Waals surface area contributed by atoms with Gasteiger partial charge in [0.2, 0.25) is 0 Å². The summed E-state index contributed by atoms with van der Waals surface area (Å²) in [6.45, 7) is 5.52. The molecule has 1 aromatic heterocycles. The zero-order valence-electron chi connectivity index (χ0n) is 11.2. The number of carboxylic acid groups (broad SMARTS) is 1. The summed E-state index contributed by atoms with van der Waals surface area (Å²) < 4.78 is 0. The third-order valence-electron chi connectivity index (χ3n) is 2.94. The topological polar surface area (TPSA) is 75.1 Å². The van der Waals surface area contributed by atoms with Gasteiger partial charge in [0.1, 0.15) is 17.7 Å². The first kappa shape index (κ1) is 13.3. The number of rotatable bonds is 4. The fourth-order valence-corrected chi connectivity index (χ4v) is 1.96. The van der Waals surface area contributed by atoms with Gasteiger partial charge in [0, 0.05) is 5.39 Å². The largest absolute Gasteiger partial charge is 0.480 e. The number of hydrogen-bond acceptors (Lipinski definition) is 4. The molecule has 0 fully saturated rings. The third-order valence-corrected chi connectivity index (χ3v) is 2.94. The molecule has 2 rings (SSSR count). The van der Waals surface area contributed by atoms with Gasteiger partial charge in [0.05, 0.1) is 5.52 Å². The van der Waals surface area contributed by atoms with E-state index in [0.717, 1.165) is 10.9 Å². The van der Waals surface area contributed by atoms with Crippen LogP contribution >= 0.6 is 0 Å². The molecule has 5 nitrogen and oxygen atoms in total. The molecule has 19 heavy (non-hydrogen) atoms. The average Bonchev–Trinajstić information content (AvgIpc) is 2.34. The van der Waals surface area contributed by atoms with Crippen LogP contribution in [0.25, 0.3) is 10.9 Å². The fraction of sp³-hybridized carbons (Fsp3) is 0.357. The SMILES string of the molecule is Cc1nc(NC(C(=O)O)C(C)C)c2ccccc2n1. The smallest absolute Gasteiger partial charge is 0.326 e. The minimum absolute atomic E-state index is 0.0356. The molecule has 1 atom stereocenters. The number of para-hydroxylation sites is 1. The van der Waals surface area contributed by atoms with Gasteiger partial charge in [0.25, 0.3) is 0 Å². The zero-order chi connectivity index (χ0) is 14.0. The summed E-state index contributed by atoms with van der Waals surface area (Å²) in [4.78, 5) is 19.9. The van der Waals surface area contributed by atoms with Gasteiger partial charge in [-0.25, -0.2) is 14.8 Å². The monoisotopic (exact) mass is 259 g/mol. The molecule has 0 saturated carbocycles. The van der Waals surface area contributed by atoms with E-state index in [4.69, 9.17) is 0 Å². The quantitative estimate of drug-likeness (QED) is 0.882. The number of nitrogens with one attached hydrogen (secondary N) is 1. The molecule has 1 heterocycles. The first-order valence-corrected chi connectivity index (χ1v) is 6.21. The molecule has 0 aliphatic heterocycles. The second-order valence-corrected chi connectivity index (χ2v) is 4.84. The molecule has 0 spiro atoms. The van der Waals surface area contributed by atoms with Crippen LogP contribution in [0.2, 0.25) is 0 Å². The minimum atomic E-state index is -0.879. The second kappa shape index (κ2) is 5.22. The second-order valence-electron chi connectivity index (χ2n) is 4.84. The Bertz CT molecular complexity index is 611. The summed E-state index contributed by atoms with van der Waals surface area (Å²) >= 11 is 0. The standard InChI is InChI=1S/C14H17N3O2/c1-8(2)12(14(18)19)17-13-10-6-4-5-7-11(10)15-9(3)16-13/h4-8,12H,1-3H3,(H,18,19)(H,15,16,17). The van der Waals surface area contributed by atoms with Crippen molar-refractivity contribution in [3.8, 4) is 0 Å². The van der Waals surface area contributed by atoms with Crippen LogP contribution in [0.4, 0.5) is 5.82 Å². The molecule has 0 radical (unpaired) electrons. The number of benzene rings is 1. The van der Waals surface area contributed by atoms with Crippen LogP contribution in [0.3, 0.4) is 0 Å². The average molecular weight is 259 g/mol. The minimum Gasteiger partial charge on any atom is -0.480 e. The highest BCUT2D eigenvalue weighted by Crippen LogP contribution is 2.21. The predicted octanol–water partition coefficient (Wildman–Crippen LogP) is 2.46. The normalized spacial score (nSPS) is 12.6. The lowest BCUT2D eigenvalue weighted by molar-refractivity contribution is -0.138. The van der Waals surface area contributed by atoms with E-state index in [9.17, 15) is 9.90 Å². The Hall–Kier alpha value is -2.17. The van der Waals surface area contributed by atoms with Crippen LogP contribution in [-0.2, 0) is 4.79 Å². The Morgan fingerprint density at radius 3 is 2.58 bits per heavy atom. The molecule has 1 unspecified atom stereocenters. The Balaban J connectivity index is 2.47. The molecular formula is C14H17N3O2. The van der Waals surface area contributed by atoms with E-state index in [2.05, 4.69) is 15.3 Å². The van der Waals surface area contributed by atoms with E-state index in [0.29, 0.717) is 11.6 Å². The summed E-state index contributed by atoms with van der Waals surface area (Å²) in [6, 6.07) is 6.89. The molecule has 2 N–H and O–H groups in total. The van der Waals surface area contributed by atoms with Crippen molar-refractivity contribution in [2.24, 2.45) is 5.92 Å². The zero-order valence-corrected chi connectivity index (χ0v) is 11.2. The predicted molar refractivity (Wildman–Crippen MR) is 74.2 cm³/mol. The van der Waals surface area contributed by atoms with Crippen molar-refractivity contribution in [1.29, 1.82) is 0 Å². The van der Waals surface area contributed by atoms with Gasteiger partial charge in [-0.15, -0.1) is 0 Å². The number of aliphatic carboxylic acids is 1. The van der Waals surface area contributed by atoms with Gasteiger partial charge in [-0.3, -0.25) is 0 Å². The lowest BCUT2D eigenvalue weighted by Gasteiger charge is -2.19. The van der Waals surface area contributed by atoms with E-state index in [-0.39, 0.29) is 5.92 Å². The Kier molecular flexibility index (Phi) is 3.64. The lowest BCUT2D eigenvalue weighted by atomic mass is 10.0. The number of aromatic nitrogens is 2. The van der Waals surface area contributed by atoms with Gasteiger partial charge in [-0.2, -0.15) is 0 Å². The summed E-state index contributed by atoms with van der Waals surface area (Å²) in [6.07, 6.45) is 0. The van der Waals surface area contributed by atoms with Crippen molar-refractivity contribution in [1.82, 2.24) is 9.97 Å². The number of aryl methyl sites for hydroxylation is 1. The number of nitrogens with zero attached hydrogens (tertiary/aromatic N) is 2. The van der Waals surface area contributed by atoms with Crippen LogP contribution in [0, 0.1) is 12.8 Å². The number of hydrogen-bond donors (Lipinski definition) is 2. The molecule has 0 saturated heterocycles. The molecule has 0 aliphatic rings. The van der Waals surface area contributed by atoms with E-state index in [1.54, 1.807) is 6.92 Å². The van der Waals surface area contributed by atoms with Gasteiger partial charge in [-0.05, 0) is 25.0 Å². The molecule has 5 heteroatoms. The van der Waals surface area contributed by atoms with Gasteiger partial charge in [0.15, 0.2) is 0 Å². The number of carboxylic acids is 1. The van der Waals surface area contributed by atoms with Crippen molar-refractivity contribution < 1.29 is 9.90 Å². The number of fused-ring (bicyclic) bond motifs is 1. The van der Waals surface area contributed by atoms with E-state index in [1.165, 1.54) is 0 Å². The highest BCUT2D eigenvalue weighted by atomic mass is 16.4. The van der Waals surface area contributed by atoms with Crippen LogP contribution in [-0.4, -0.2) is 27.1 Å². The molecule has 0 bridgehead atoms. The van der Waals surface area contributed by atoms with Crippen LogP contribution in [0.1, 0.15) is 19.7 Å². The van der Waals surface area contributed by atoms with Crippen molar-refractivity contribution in [3.63, 3.8) is 0 Å². The molecule has 0 aliphatic carbocycles. The van der Waals surface area contributed by atoms with Gasteiger partial charge >= 0.3 is 5.97 Å². The van der Waals surface area contributed by atoms with Crippen molar-refractivity contribution in [3.05, 3.63) is 30.1 Å². The van der Waals surface area contributed by atoms with Crippen LogP contribution in [0.5, 0.6) is 0 Å². The van der Waals surface area contributed by atoms with Crippen molar-refractivity contribution in [2.45, 2.75) is 26.8 Å². The summed E-state index contributed by atoms with van der Waals surface area (Å²) in [5, 5.41) is 13.1. The van der Waals surface area contributed by atoms with Crippen LogP contribution in [0.15, 0.2) is 24.3 Å². The van der Waals surface area contributed by atoms with Gasteiger partial charge < -0.3 is 10.4 Å². The molecule has 1 aromatic carbocycles. The summed E-state index contributed by atoms with van der Waals surface area (Å²) in [5.74, 6) is 0.278. The van der Waals surface area contributed by atoms with E-state index < -0.39 is 12.0 Å². The first-order valence-electron chi connectivity index (χ1n) is 6.21. The van der Waals surface area contributed by atoms with Crippen LogP contribution < -0.4 is 5.32 Å². The molecule has 0 amide bonds. The Labute approximate surface area is 111 Å².